The van der Waals surface area contributed by atoms with Crippen LogP contribution in [0, 0.1) is 0 Å². The van der Waals surface area contributed by atoms with Crippen LogP contribution >= 0.6 is 50.5 Å². The van der Waals surface area contributed by atoms with E-state index in [1.54, 1.807) is 7.11 Å². The molecule has 0 saturated carbocycles. The number of rotatable bonds is 7. The number of aliphatic hydroxyl groups excluding tert-OH is 1. The number of benzene rings is 5. The standard InChI is InChI=1S/C34H30O2S4/c1-34(33-25(20-35)4-3-5-30(33)36-2,28-18-23(10-16-31(28)39)21-6-12-26(37)13-7-21)29-19-24(11-17-32(29)40)22-8-14-27(38)15-9-22/h3-19,35,37-40H,20H2,1-2H3. The van der Waals surface area contributed by atoms with E-state index < -0.39 is 5.41 Å². The van der Waals surface area contributed by atoms with Gasteiger partial charge < -0.3 is 9.84 Å². The number of aliphatic hydroxyl groups is 1. The quantitative estimate of drug-likeness (QED) is 0.0956. The van der Waals surface area contributed by atoms with Gasteiger partial charge in [-0.1, -0.05) is 48.5 Å². The van der Waals surface area contributed by atoms with Gasteiger partial charge in [0.15, 0.2) is 0 Å². The fraction of sp³-hybridized carbons (Fsp3) is 0.118. The van der Waals surface area contributed by atoms with E-state index in [0.29, 0.717) is 5.75 Å². The van der Waals surface area contributed by atoms with Crippen molar-refractivity contribution in [3.63, 3.8) is 0 Å². The molecule has 202 valence electrons. The van der Waals surface area contributed by atoms with Gasteiger partial charge >= 0.3 is 0 Å². The zero-order chi connectivity index (χ0) is 28.4. The van der Waals surface area contributed by atoms with Crippen molar-refractivity contribution in [3.05, 3.63) is 125 Å². The molecule has 0 saturated heterocycles. The predicted octanol–water partition coefficient (Wildman–Crippen LogP) is 9.03. The summed E-state index contributed by atoms with van der Waals surface area (Å²) in [7, 11) is 1.66. The molecule has 0 bridgehead atoms. The van der Waals surface area contributed by atoms with Gasteiger partial charge in [-0.15, -0.1) is 50.5 Å². The van der Waals surface area contributed by atoms with E-state index in [4.69, 9.17) is 30.0 Å². The molecule has 5 aromatic rings. The zero-order valence-corrected chi connectivity index (χ0v) is 25.7. The molecule has 0 fully saturated rings. The van der Waals surface area contributed by atoms with Gasteiger partial charge in [-0.05, 0) is 100 Å². The Morgan fingerprint density at radius 1 is 0.625 bits per heavy atom. The molecule has 0 aromatic heterocycles. The van der Waals surface area contributed by atoms with E-state index in [9.17, 15) is 5.11 Å². The molecule has 1 N–H and O–H groups in total. The smallest absolute Gasteiger partial charge is 0.123 e. The first kappa shape index (κ1) is 28.8. The molecule has 0 heterocycles. The summed E-state index contributed by atoms with van der Waals surface area (Å²) in [6.45, 7) is 2.02. The van der Waals surface area contributed by atoms with E-state index in [-0.39, 0.29) is 6.61 Å². The third-order valence-electron chi connectivity index (χ3n) is 7.47. The molecule has 0 aliphatic heterocycles. The molecular weight excluding hydrogens is 569 g/mol. The molecule has 0 unspecified atom stereocenters. The highest BCUT2D eigenvalue weighted by atomic mass is 32.1. The van der Waals surface area contributed by atoms with E-state index in [1.807, 2.05) is 54.6 Å². The van der Waals surface area contributed by atoms with Crippen LogP contribution in [0.4, 0.5) is 0 Å². The van der Waals surface area contributed by atoms with Gasteiger partial charge in [0.25, 0.3) is 0 Å². The van der Waals surface area contributed by atoms with Crippen molar-refractivity contribution < 1.29 is 9.84 Å². The van der Waals surface area contributed by atoms with Crippen molar-refractivity contribution in [3.8, 4) is 28.0 Å². The predicted molar refractivity (Wildman–Crippen MR) is 177 cm³/mol. The van der Waals surface area contributed by atoms with Gasteiger partial charge in [0.05, 0.1) is 13.7 Å². The lowest BCUT2D eigenvalue weighted by Gasteiger charge is -2.37. The van der Waals surface area contributed by atoms with Crippen molar-refractivity contribution in [1.29, 1.82) is 0 Å². The maximum atomic E-state index is 10.5. The Morgan fingerprint density at radius 2 is 1.07 bits per heavy atom. The van der Waals surface area contributed by atoms with Crippen LogP contribution in [0.1, 0.15) is 29.2 Å². The molecule has 0 aliphatic rings. The first-order valence-electron chi connectivity index (χ1n) is 12.8. The minimum atomic E-state index is -0.794. The lowest BCUT2D eigenvalue weighted by molar-refractivity contribution is 0.277. The highest BCUT2D eigenvalue weighted by Gasteiger charge is 2.39. The van der Waals surface area contributed by atoms with Gasteiger partial charge in [0.1, 0.15) is 5.75 Å². The average Bonchev–Trinajstić information content (AvgIpc) is 2.97. The summed E-state index contributed by atoms with van der Waals surface area (Å²) >= 11 is 18.9. The maximum absolute atomic E-state index is 10.5. The highest BCUT2D eigenvalue weighted by molar-refractivity contribution is 7.80. The van der Waals surface area contributed by atoms with Crippen LogP contribution in [0.5, 0.6) is 5.75 Å². The van der Waals surface area contributed by atoms with E-state index >= 15 is 0 Å². The largest absolute Gasteiger partial charge is 0.496 e. The van der Waals surface area contributed by atoms with Gasteiger partial charge in [0, 0.05) is 30.6 Å². The maximum Gasteiger partial charge on any atom is 0.123 e. The Balaban J connectivity index is 1.85. The summed E-state index contributed by atoms with van der Waals surface area (Å²) < 4.78 is 5.93. The van der Waals surface area contributed by atoms with Crippen LogP contribution in [0.3, 0.4) is 0 Å². The minimum absolute atomic E-state index is 0.141. The van der Waals surface area contributed by atoms with Crippen LogP contribution in [0.2, 0.25) is 0 Å². The zero-order valence-electron chi connectivity index (χ0n) is 22.2. The minimum Gasteiger partial charge on any atom is -0.496 e. The average molecular weight is 599 g/mol. The van der Waals surface area contributed by atoms with Crippen molar-refractivity contribution in [2.75, 3.05) is 7.11 Å². The van der Waals surface area contributed by atoms with Crippen LogP contribution in [0.15, 0.2) is 123 Å². The van der Waals surface area contributed by atoms with Crippen LogP contribution in [-0.2, 0) is 12.0 Å². The molecule has 0 spiro atoms. The van der Waals surface area contributed by atoms with E-state index in [2.05, 4.69) is 80.7 Å². The number of hydrogen-bond donors (Lipinski definition) is 5. The monoisotopic (exact) mass is 598 g/mol. The second kappa shape index (κ2) is 12.0. The summed E-state index contributed by atoms with van der Waals surface area (Å²) in [6, 6.07) is 34.6. The SMILES string of the molecule is COc1cccc(CO)c1C(C)(c1cc(-c2ccc(S)cc2)ccc1S)c1cc(-c2ccc(S)cc2)ccc1S. The Labute approximate surface area is 258 Å². The van der Waals surface area contributed by atoms with E-state index in [0.717, 1.165) is 64.1 Å². The topological polar surface area (TPSA) is 29.5 Å². The summed E-state index contributed by atoms with van der Waals surface area (Å²) in [5.74, 6) is 0.684. The second-order valence-corrected chi connectivity index (χ2v) is 11.8. The van der Waals surface area contributed by atoms with Crippen molar-refractivity contribution in [2.24, 2.45) is 0 Å². The first-order valence-corrected chi connectivity index (χ1v) is 14.6. The third-order valence-corrected chi connectivity index (χ3v) is 8.85. The molecule has 0 aliphatic carbocycles. The Kier molecular flexibility index (Phi) is 8.64. The Morgan fingerprint density at radius 3 is 1.50 bits per heavy atom. The normalized spacial score (nSPS) is 11.5. The van der Waals surface area contributed by atoms with Crippen molar-refractivity contribution >= 4 is 50.5 Å². The van der Waals surface area contributed by atoms with Gasteiger partial charge in [0.2, 0.25) is 0 Å². The van der Waals surface area contributed by atoms with Gasteiger partial charge in [-0.2, -0.15) is 0 Å². The molecule has 0 radical (unpaired) electrons. The number of thiol groups is 4. The fourth-order valence-corrected chi connectivity index (χ4v) is 6.42. The fourth-order valence-electron chi connectivity index (χ4n) is 5.40. The number of methoxy groups -OCH3 is 1. The summed E-state index contributed by atoms with van der Waals surface area (Å²) in [5.41, 5.74) is 7.04. The highest BCUT2D eigenvalue weighted by Crippen LogP contribution is 2.50. The lowest BCUT2D eigenvalue weighted by Crippen LogP contribution is -2.29. The van der Waals surface area contributed by atoms with Gasteiger partial charge in [-0.25, -0.2) is 0 Å². The summed E-state index contributed by atoms with van der Waals surface area (Å²) in [4.78, 5) is 3.46. The van der Waals surface area contributed by atoms with Gasteiger partial charge in [-0.3, -0.25) is 0 Å². The molecule has 5 aromatic carbocycles. The van der Waals surface area contributed by atoms with Crippen LogP contribution in [0.25, 0.3) is 22.3 Å². The first-order chi connectivity index (χ1) is 19.3. The molecular formula is C34H30O2S4. The number of ether oxygens (including phenoxy) is 1. The van der Waals surface area contributed by atoms with Crippen molar-refractivity contribution in [2.45, 2.75) is 38.5 Å². The Bertz CT molecular complexity index is 1540. The van der Waals surface area contributed by atoms with Crippen LogP contribution in [-0.4, -0.2) is 12.2 Å². The number of hydrogen-bond acceptors (Lipinski definition) is 6. The molecule has 2 nitrogen and oxygen atoms in total. The molecule has 40 heavy (non-hydrogen) atoms. The van der Waals surface area contributed by atoms with Crippen LogP contribution < -0.4 is 4.74 Å². The molecule has 5 rings (SSSR count). The summed E-state index contributed by atoms with van der Waals surface area (Å²) in [5, 5.41) is 10.5. The van der Waals surface area contributed by atoms with E-state index in [1.165, 1.54) is 0 Å². The lowest BCUT2D eigenvalue weighted by atomic mass is 9.68. The Hall–Kier alpha value is -2.74. The molecule has 0 amide bonds. The second-order valence-electron chi connectivity index (χ2n) is 9.84. The molecule has 0 atom stereocenters. The third kappa shape index (κ3) is 5.44. The van der Waals surface area contributed by atoms with Crippen molar-refractivity contribution in [1.82, 2.24) is 0 Å². The molecule has 6 heteroatoms. The summed E-state index contributed by atoms with van der Waals surface area (Å²) in [6.07, 6.45) is 0.